The van der Waals surface area contributed by atoms with Gasteiger partial charge in [0.2, 0.25) is 0 Å². The molecule has 0 aliphatic heterocycles. The first-order valence-electron chi connectivity index (χ1n) is 15.5. The fraction of sp³-hybridized carbons (Fsp3) is 0.105. The van der Waals surface area contributed by atoms with Gasteiger partial charge in [-0.25, -0.2) is 4.39 Å². The molecule has 0 bridgehead atoms. The van der Waals surface area contributed by atoms with Crippen LogP contribution in [0.2, 0.25) is 19.6 Å². The van der Waals surface area contributed by atoms with Crippen LogP contribution in [-0.2, 0) is 20.1 Å². The average molecular weight is 790 g/mol. The standard InChI is InChI=1S/C24H15FNS.C14H16NSi.Ir/c1-15-13-21(26-14-19(15)16-7-3-2-4-8-16)17-9-5-10-18-23-20(25)11-6-12-22(23)27-24(17)18;1-16(2,3)13-9-10-14(15-11-13)12-7-5-4-6-8-12;/h2-8,10-14H,1H3;4-7,9-11H,1-3H3;/q2*-1;/i1D3;;. The van der Waals surface area contributed by atoms with Crippen molar-refractivity contribution in [2.75, 3.05) is 0 Å². The maximum atomic E-state index is 14.5. The molecule has 1 radical (unpaired) electrons. The van der Waals surface area contributed by atoms with E-state index >= 15 is 0 Å². The predicted molar refractivity (Wildman–Crippen MR) is 183 cm³/mol. The number of thiophene rings is 1. The first kappa shape index (κ1) is 27.7. The SMILES string of the molecule is C[Si](C)(C)c1ccc(-c2[c-]cccc2)nc1.[2H]C([2H])([2H])c1cc(-c2[c-]ccc3c2sc2cccc(F)c23)ncc1-c1ccccc1.[Ir]. The minimum atomic E-state index is -2.30. The van der Waals surface area contributed by atoms with Crippen LogP contribution in [0.4, 0.5) is 4.39 Å². The summed E-state index contributed by atoms with van der Waals surface area (Å²) < 4.78 is 40.3. The zero-order chi connectivity index (χ0) is 32.5. The van der Waals surface area contributed by atoms with E-state index in [1.54, 1.807) is 24.4 Å². The van der Waals surface area contributed by atoms with E-state index in [0.717, 1.165) is 31.6 Å². The van der Waals surface area contributed by atoms with Crippen molar-refractivity contribution in [3.05, 3.63) is 139 Å². The molecule has 0 fully saturated rings. The van der Waals surface area contributed by atoms with Crippen LogP contribution in [0.25, 0.3) is 53.8 Å². The minimum absolute atomic E-state index is 0. The Balaban J connectivity index is 0.000000217. The molecule has 0 atom stereocenters. The van der Waals surface area contributed by atoms with Crippen LogP contribution >= 0.6 is 11.3 Å². The number of nitrogens with zero attached hydrogens (tertiary/aromatic N) is 2. The van der Waals surface area contributed by atoms with E-state index in [9.17, 15) is 4.39 Å². The second-order valence-corrected chi connectivity index (χ2v) is 17.4. The predicted octanol–water partition coefficient (Wildman–Crippen LogP) is 10.1. The minimum Gasteiger partial charge on any atom is -0.305 e. The summed E-state index contributed by atoms with van der Waals surface area (Å²) in [6.07, 6.45) is 3.62. The van der Waals surface area contributed by atoms with Crippen molar-refractivity contribution in [2.45, 2.75) is 26.5 Å². The number of aromatic nitrogens is 2. The molecule has 3 heterocycles. The number of fused-ring (bicyclic) bond motifs is 3. The molecule has 44 heavy (non-hydrogen) atoms. The Morgan fingerprint density at radius 1 is 0.795 bits per heavy atom. The summed E-state index contributed by atoms with van der Waals surface area (Å²) in [5.74, 6) is -0.272. The van der Waals surface area contributed by atoms with Crippen LogP contribution in [0.5, 0.6) is 0 Å². The summed E-state index contributed by atoms with van der Waals surface area (Å²) in [4.78, 5) is 9.09. The molecule has 2 nitrogen and oxygen atoms in total. The van der Waals surface area contributed by atoms with Gasteiger partial charge in [0, 0.05) is 52.3 Å². The average Bonchev–Trinajstić information content (AvgIpc) is 3.45. The molecule has 0 aliphatic carbocycles. The van der Waals surface area contributed by atoms with E-state index in [-0.39, 0.29) is 31.5 Å². The third-order valence-corrected chi connectivity index (χ3v) is 10.5. The number of hydrogen-bond acceptors (Lipinski definition) is 3. The van der Waals surface area contributed by atoms with Gasteiger partial charge in [0.05, 0.1) is 8.07 Å². The van der Waals surface area contributed by atoms with E-state index in [2.05, 4.69) is 53.9 Å². The summed E-state index contributed by atoms with van der Waals surface area (Å²) >= 11 is 1.46. The summed E-state index contributed by atoms with van der Waals surface area (Å²) in [5.41, 5.74) is 4.86. The molecular formula is C38H31FIrN2SSi-2. The Bertz CT molecular complexity index is 2130. The normalized spacial score (nSPS) is 12.4. The summed E-state index contributed by atoms with van der Waals surface area (Å²) in [7, 11) is -1.23. The second kappa shape index (κ2) is 13.5. The molecule has 0 spiro atoms. The maximum absolute atomic E-state index is 14.5. The summed E-state index contributed by atoms with van der Waals surface area (Å²) in [6.45, 7) is 4.69. The van der Waals surface area contributed by atoms with E-state index < -0.39 is 14.9 Å². The smallest absolute Gasteiger partial charge is 0.130 e. The molecule has 0 saturated carbocycles. The van der Waals surface area contributed by atoms with Crippen LogP contribution in [0, 0.1) is 24.8 Å². The molecule has 221 valence electrons. The molecule has 4 aromatic carbocycles. The summed E-state index contributed by atoms with van der Waals surface area (Å²) in [5, 5.41) is 2.75. The third-order valence-electron chi connectivity index (χ3n) is 7.27. The molecule has 0 aliphatic rings. The molecule has 0 amide bonds. The molecule has 0 unspecified atom stereocenters. The molecular weight excluding hydrogens is 756 g/mol. The maximum Gasteiger partial charge on any atom is 0.130 e. The number of benzene rings is 4. The Morgan fingerprint density at radius 3 is 2.30 bits per heavy atom. The fourth-order valence-electron chi connectivity index (χ4n) is 4.93. The van der Waals surface area contributed by atoms with Gasteiger partial charge in [-0.2, -0.15) is 11.3 Å². The van der Waals surface area contributed by atoms with Crippen molar-refractivity contribution in [1.29, 1.82) is 0 Å². The Morgan fingerprint density at radius 2 is 1.59 bits per heavy atom. The monoisotopic (exact) mass is 790 g/mol. The first-order valence-corrected chi connectivity index (χ1v) is 18.3. The fourth-order valence-corrected chi connectivity index (χ4v) is 7.18. The van der Waals surface area contributed by atoms with Crippen LogP contribution in [0.3, 0.4) is 0 Å². The third kappa shape index (κ3) is 6.64. The van der Waals surface area contributed by atoms with E-state index in [1.165, 1.54) is 22.6 Å². The van der Waals surface area contributed by atoms with Gasteiger partial charge in [-0.15, -0.1) is 59.7 Å². The van der Waals surface area contributed by atoms with Crippen LogP contribution in [-0.4, -0.2) is 18.0 Å². The van der Waals surface area contributed by atoms with Gasteiger partial charge < -0.3 is 9.97 Å². The largest absolute Gasteiger partial charge is 0.305 e. The van der Waals surface area contributed by atoms with Gasteiger partial charge >= 0.3 is 0 Å². The zero-order valence-corrected chi connectivity index (χ0v) is 28.7. The van der Waals surface area contributed by atoms with Crippen LogP contribution in [0.15, 0.2) is 116 Å². The quantitative estimate of drug-likeness (QED) is 0.131. The summed E-state index contributed by atoms with van der Waals surface area (Å²) in [6, 6.07) is 38.2. The first-order chi connectivity index (χ1) is 22.0. The van der Waals surface area contributed by atoms with Crippen LogP contribution in [0.1, 0.15) is 9.68 Å². The van der Waals surface area contributed by atoms with Crippen molar-refractivity contribution in [1.82, 2.24) is 9.97 Å². The van der Waals surface area contributed by atoms with Crippen molar-refractivity contribution in [3.8, 4) is 33.6 Å². The molecule has 6 heteroatoms. The molecule has 3 aromatic heterocycles. The number of pyridine rings is 2. The number of aryl methyl sites for hydroxylation is 1. The number of hydrogen-bond donors (Lipinski definition) is 0. The Kier molecular flexibility index (Phi) is 8.48. The second-order valence-electron chi connectivity index (χ2n) is 11.3. The van der Waals surface area contributed by atoms with Gasteiger partial charge in [-0.1, -0.05) is 79.6 Å². The van der Waals surface area contributed by atoms with Crippen molar-refractivity contribution >= 4 is 44.8 Å². The van der Waals surface area contributed by atoms with Gasteiger partial charge in [0.15, 0.2) is 0 Å². The van der Waals surface area contributed by atoms with E-state index in [0.29, 0.717) is 22.2 Å². The van der Waals surface area contributed by atoms with Crippen LogP contribution < -0.4 is 5.19 Å². The molecule has 0 N–H and O–H groups in total. The molecule has 7 rings (SSSR count). The van der Waals surface area contributed by atoms with E-state index in [4.69, 9.17) is 4.11 Å². The van der Waals surface area contributed by atoms with Gasteiger partial charge in [-0.3, -0.25) is 0 Å². The van der Waals surface area contributed by atoms with Gasteiger partial charge in [0.1, 0.15) is 5.82 Å². The Labute approximate surface area is 281 Å². The number of halogens is 1. The molecule has 0 saturated heterocycles. The van der Waals surface area contributed by atoms with Crippen molar-refractivity contribution < 1.29 is 28.6 Å². The van der Waals surface area contributed by atoms with E-state index in [1.807, 2.05) is 72.9 Å². The Hall–Kier alpha value is -3.80. The van der Waals surface area contributed by atoms with Gasteiger partial charge in [0.25, 0.3) is 0 Å². The molecule has 7 aromatic rings. The number of rotatable bonds is 4. The zero-order valence-electron chi connectivity index (χ0n) is 27.5. The van der Waals surface area contributed by atoms with Crippen molar-refractivity contribution in [2.24, 2.45) is 0 Å². The topological polar surface area (TPSA) is 25.8 Å². The van der Waals surface area contributed by atoms with Crippen molar-refractivity contribution in [3.63, 3.8) is 0 Å². The van der Waals surface area contributed by atoms with Gasteiger partial charge in [-0.05, 0) is 51.4 Å².